The second-order valence-electron chi connectivity index (χ2n) is 2.02. The fourth-order valence-corrected chi connectivity index (χ4v) is 0.470. The van der Waals surface area contributed by atoms with Crippen molar-refractivity contribution in [1.82, 2.24) is 5.32 Å². The number of amides is 1. The van der Waals surface area contributed by atoms with Gasteiger partial charge in [0.2, 0.25) is 5.91 Å². The van der Waals surface area contributed by atoms with Crippen LogP contribution in [-0.2, 0) is 9.53 Å². The van der Waals surface area contributed by atoms with Gasteiger partial charge in [-0.25, -0.2) is 0 Å². The van der Waals surface area contributed by atoms with E-state index in [1.165, 1.54) is 7.11 Å². The maximum absolute atomic E-state index is 10.9. The Hall–Kier alpha value is -1.01. The summed E-state index contributed by atoms with van der Waals surface area (Å²) in [5, 5.41) is 2.60. The summed E-state index contributed by atoms with van der Waals surface area (Å²) in [5.41, 5.74) is 0. The summed E-state index contributed by atoms with van der Waals surface area (Å²) in [6.07, 6.45) is -0.395. The Morgan fingerprint density at radius 3 is 2.82 bits per heavy atom. The van der Waals surface area contributed by atoms with Crippen molar-refractivity contribution in [1.29, 1.82) is 0 Å². The molecule has 3 nitrogen and oxygen atoms in total. The fraction of sp³-hybridized carbons (Fsp3) is 0.625. The minimum absolute atomic E-state index is 0.129. The van der Waals surface area contributed by atoms with E-state index in [0.717, 1.165) is 0 Å². The van der Waals surface area contributed by atoms with Gasteiger partial charge in [0.1, 0.15) is 6.10 Å². The highest BCUT2D eigenvalue weighted by atomic mass is 16.5. The molecule has 0 rings (SSSR count). The van der Waals surface area contributed by atoms with E-state index in [9.17, 15) is 4.79 Å². The molecule has 0 saturated heterocycles. The molecular weight excluding hydrogens is 142 g/mol. The van der Waals surface area contributed by atoms with E-state index in [0.29, 0.717) is 6.54 Å². The quantitative estimate of drug-likeness (QED) is 0.590. The first-order valence-corrected chi connectivity index (χ1v) is 3.42. The lowest BCUT2D eigenvalue weighted by Crippen LogP contribution is -2.33. The molecule has 3 heteroatoms. The lowest BCUT2D eigenvalue weighted by molar-refractivity contribution is -0.129. The van der Waals surface area contributed by atoms with Crippen LogP contribution in [0.25, 0.3) is 0 Å². The molecule has 0 aliphatic rings. The zero-order valence-corrected chi connectivity index (χ0v) is 7.10. The van der Waals surface area contributed by atoms with Crippen molar-refractivity contribution in [2.75, 3.05) is 13.7 Å². The molecule has 0 saturated carbocycles. The Bertz CT molecular complexity index is 178. The Morgan fingerprint density at radius 2 is 2.36 bits per heavy atom. The first kappa shape index (κ1) is 9.99. The van der Waals surface area contributed by atoms with Crippen molar-refractivity contribution in [3.05, 3.63) is 0 Å². The highest BCUT2D eigenvalue weighted by Crippen LogP contribution is 1.85. The molecule has 1 amide bonds. The molecule has 62 valence electrons. The van der Waals surface area contributed by atoms with Crippen LogP contribution in [0, 0.1) is 11.8 Å². The van der Waals surface area contributed by atoms with Crippen molar-refractivity contribution in [2.24, 2.45) is 0 Å². The number of hydrogen-bond acceptors (Lipinski definition) is 2. The molecular formula is C8H13NO2. The molecule has 0 aromatic rings. The second-order valence-corrected chi connectivity index (χ2v) is 2.02. The Kier molecular flexibility index (Phi) is 5.22. The van der Waals surface area contributed by atoms with Gasteiger partial charge in [0.25, 0.3) is 0 Å². The summed E-state index contributed by atoms with van der Waals surface area (Å²) >= 11 is 0. The third kappa shape index (κ3) is 4.40. The average molecular weight is 155 g/mol. The zero-order valence-electron chi connectivity index (χ0n) is 7.10. The molecule has 0 aliphatic carbocycles. The molecule has 0 heterocycles. The van der Waals surface area contributed by atoms with Gasteiger partial charge in [-0.3, -0.25) is 4.79 Å². The standard InChI is InChI=1S/C8H13NO2/c1-4-5-6-9-8(10)7(2)11-3/h7H,6H2,1-3H3,(H,9,10). The van der Waals surface area contributed by atoms with Crippen molar-refractivity contribution < 1.29 is 9.53 Å². The summed E-state index contributed by atoms with van der Waals surface area (Å²) in [4.78, 5) is 10.9. The van der Waals surface area contributed by atoms with Gasteiger partial charge in [-0.15, -0.1) is 5.92 Å². The number of rotatable bonds is 3. The molecule has 1 N–H and O–H groups in total. The summed E-state index contributed by atoms with van der Waals surface area (Å²) in [5.74, 6) is 5.27. The van der Waals surface area contributed by atoms with Crippen LogP contribution in [0.2, 0.25) is 0 Å². The van der Waals surface area contributed by atoms with E-state index in [1.54, 1.807) is 13.8 Å². The highest BCUT2D eigenvalue weighted by Gasteiger charge is 2.08. The second kappa shape index (κ2) is 5.75. The molecule has 0 aromatic heterocycles. The van der Waals surface area contributed by atoms with Gasteiger partial charge in [0, 0.05) is 7.11 Å². The molecule has 0 bridgehead atoms. The van der Waals surface area contributed by atoms with Gasteiger partial charge in [-0.05, 0) is 13.8 Å². The van der Waals surface area contributed by atoms with Crippen LogP contribution in [0.5, 0.6) is 0 Å². The molecule has 1 unspecified atom stereocenters. The van der Waals surface area contributed by atoms with Crippen LogP contribution in [0.4, 0.5) is 0 Å². The largest absolute Gasteiger partial charge is 0.372 e. The Balaban J connectivity index is 3.57. The van der Waals surface area contributed by atoms with E-state index < -0.39 is 6.10 Å². The number of ether oxygens (including phenoxy) is 1. The van der Waals surface area contributed by atoms with Crippen LogP contribution in [0.1, 0.15) is 13.8 Å². The first-order chi connectivity index (χ1) is 5.22. The van der Waals surface area contributed by atoms with Gasteiger partial charge < -0.3 is 10.1 Å². The minimum atomic E-state index is -0.395. The Labute approximate surface area is 67.1 Å². The van der Waals surface area contributed by atoms with Gasteiger partial charge in [0.05, 0.1) is 6.54 Å². The van der Waals surface area contributed by atoms with Crippen molar-refractivity contribution >= 4 is 5.91 Å². The predicted octanol–water partition coefficient (Wildman–Crippen LogP) is 0.161. The predicted molar refractivity (Wildman–Crippen MR) is 42.9 cm³/mol. The third-order valence-electron chi connectivity index (χ3n) is 1.25. The molecule has 0 aromatic carbocycles. The smallest absolute Gasteiger partial charge is 0.249 e. The van der Waals surface area contributed by atoms with Crippen molar-refractivity contribution in [2.45, 2.75) is 20.0 Å². The molecule has 1 atom stereocenters. The number of carbonyl (C=O) groups excluding carboxylic acids is 1. The van der Waals surface area contributed by atoms with E-state index in [2.05, 4.69) is 17.2 Å². The molecule has 11 heavy (non-hydrogen) atoms. The summed E-state index contributed by atoms with van der Waals surface area (Å²) < 4.78 is 4.78. The van der Waals surface area contributed by atoms with Crippen molar-refractivity contribution in [3.8, 4) is 11.8 Å². The van der Waals surface area contributed by atoms with E-state index in [-0.39, 0.29) is 5.91 Å². The molecule has 0 spiro atoms. The lowest BCUT2D eigenvalue weighted by atomic mass is 10.4. The van der Waals surface area contributed by atoms with Crippen LogP contribution >= 0.6 is 0 Å². The summed E-state index contributed by atoms with van der Waals surface area (Å²) in [6, 6.07) is 0. The maximum atomic E-state index is 10.9. The van der Waals surface area contributed by atoms with E-state index in [4.69, 9.17) is 4.74 Å². The minimum Gasteiger partial charge on any atom is -0.372 e. The first-order valence-electron chi connectivity index (χ1n) is 3.42. The molecule has 0 fully saturated rings. The SMILES string of the molecule is CC#CCNC(=O)C(C)OC. The maximum Gasteiger partial charge on any atom is 0.249 e. The number of hydrogen-bond donors (Lipinski definition) is 1. The lowest BCUT2D eigenvalue weighted by Gasteiger charge is -2.07. The summed E-state index contributed by atoms with van der Waals surface area (Å²) in [7, 11) is 1.50. The van der Waals surface area contributed by atoms with Gasteiger partial charge in [-0.1, -0.05) is 5.92 Å². The van der Waals surface area contributed by atoms with Crippen LogP contribution in [0.3, 0.4) is 0 Å². The Morgan fingerprint density at radius 1 is 1.73 bits per heavy atom. The van der Waals surface area contributed by atoms with Gasteiger partial charge in [0.15, 0.2) is 0 Å². The number of carbonyl (C=O) groups is 1. The van der Waals surface area contributed by atoms with E-state index in [1.807, 2.05) is 0 Å². The van der Waals surface area contributed by atoms with Crippen LogP contribution < -0.4 is 5.32 Å². The fourth-order valence-electron chi connectivity index (χ4n) is 0.470. The molecule has 0 aliphatic heterocycles. The van der Waals surface area contributed by atoms with Crippen LogP contribution in [-0.4, -0.2) is 25.7 Å². The van der Waals surface area contributed by atoms with Crippen LogP contribution in [0.15, 0.2) is 0 Å². The highest BCUT2D eigenvalue weighted by molar-refractivity contribution is 5.80. The van der Waals surface area contributed by atoms with Gasteiger partial charge >= 0.3 is 0 Å². The van der Waals surface area contributed by atoms with Crippen molar-refractivity contribution in [3.63, 3.8) is 0 Å². The number of nitrogens with one attached hydrogen (secondary N) is 1. The summed E-state index contributed by atoms with van der Waals surface area (Å²) in [6.45, 7) is 3.81. The topological polar surface area (TPSA) is 38.3 Å². The zero-order chi connectivity index (χ0) is 8.69. The monoisotopic (exact) mass is 155 g/mol. The number of methoxy groups -OCH3 is 1. The normalized spacial score (nSPS) is 11.2. The average Bonchev–Trinajstić information content (AvgIpc) is 2.03. The van der Waals surface area contributed by atoms with E-state index >= 15 is 0 Å². The molecule has 0 radical (unpaired) electrons. The van der Waals surface area contributed by atoms with Gasteiger partial charge in [-0.2, -0.15) is 0 Å². The third-order valence-corrected chi connectivity index (χ3v) is 1.25.